The van der Waals surface area contributed by atoms with Gasteiger partial charge < -0.3 is 15.2 Å². The normalized spacial score (nSPS) is 13.1. The summed E-state index contributed by atoms with van der Waals surface area (Å²) >= 11 is 5.76. The van der Waals surface area contributed by atoms with Gasteiger partial charge in [-0.25, -0.2) is 0 Å². The van der Waals surface area contributed by atoms with Crippen LogP contribution in [0.3, 0.4) is 0 Å². The standard InChI is InChI=1S/C13H19ClN2O4/c1-13(2,3)15-7-9(17)8-20-10-4-5-12(16(18)19)11(14)6-10/h4-6,9,15,17H,7-8H2,1-3H3. The number of nitrogens with zero attached hydrogens (tertiary/aromatic N) is 1. The van der Waals surface area contributed by atoms with Gasteiger partial charge in [0.15, 0.2) is 0 Å². The van der Waals surface area contributed by atoms with Crippen molar-refractivity contribution >= 4 is 17.3 Å². The molecule has 0 amide bonds. The predicted octanol–water partition coefficient (Wildman–Crippen LogP) is 2.38. The molecule has 1 aromatic rings. The van der Waals surface area contributed by atoms with Gasteiger partial charge >= 0.3 is 0 Å². The van der Waals surface area contributed by atoms with Gasteiger partial charge in [-0.15, -0.1) is 0 Å². The number of ether oxygens (including phenoxy) is 1. The van der Waals surface area contributed by atoms with Crippen LogP contribution < -0.4 is 10.1 Å². The third-order valence-electron chi connectivity index (χ3n) is 2.43. The molecule has 0 saturated heterocycles. The van der Waals surface area contributed by atoms with Crippen molar-refractivity contribution in [2.75, 3.05) is 13.2 Å². The maximum atomic E-state index is 10.6. The second kappa shape index (κ2) is 6.88. The lowest BCUT2D eigenvalue weighted by molar-refractivity contribution is -0.384. The van der Waals surface area contributed by atoms with Gasteiger partial charge in [0.2, 0.25) is 0 Å². The third-order valence-corrected chi connectivity index (χ3v) is 2.73. The Balaban J connectivity index is 2.50. The van der Waals surface area contributed by atoms with Crippen LogP contribution in [-0.2, 0) is 0 Å². The first-order valence-corrected chi connectivity index (χ1v) is 6.56. The Labute approximate surface area is 122 Å². The van der Waals surface area contributed by atoms with Crippen LogP contribution in [0, 0.1) is 10.1 Å². The predicted molar refractivity (Wildman–Crippen MR) is 77.4 cm³/mol. The van der Waals surface area contributed by atoms with E-state index >= 15 is 0 Å². The van der Waals surface area contributed by atoms with Crippen molar-refractivity contribution in [3.63, 3.8) is 0 Å². The zero-order valence-electron chi connectivity index (χ0n) is 11.7. The first kappa shape index (κ1) is 16.7. The minimum atomic E-state index is -0.678. The monoisotopic (exact) mass is 302 g/mol. The molecular formula is C13H19ClN2O4. The number of rotatable bonds is 6. The molecule has 1 rings (SSSR count). The number of hydrogen-bond acceptors (Lipinski definition) is 5. The molecule has 0 spiro atoms. The number of halogens is 1. The van der Waals surface area contributed by atoms with Gasteiger partial charge in [-0.3, -0.25) is 10.1 Å². The number of aliphatic hydroxyl groups is 1. The van der Waals surface area contributed by atoms with Crippen molar-refractivity contribution in [3.05, 3.63) is 33.3 Å². The first-order valence-electron chi connectivity index (χ1n) is 6.19. The third kappa shape index (κ3) is 5.73. The van der Waals surface area contributed by atoms with E-state index in [2.05, 4.69) is 5.32 Å². The summed E-state index contributed by atoms with van der Waals surface area (Å²) in [6.45, 7) is 6.46. The summed E-state index contributed by atoms with van der Waals surface area (Å²) < 4.78 is 5.35. The van der Waals surface area contributed by atoms with Crippen LogP contribution in [0.25, 0.3) is 0 Å². The quantitative estimate of drug-likeness (QED) is 0.622. The Bertz CT molecular complexity index is 474. The van der Waals surface area contributed by atoms with E-state index in [1.165, 1.54) is 18.2 Å². The number of nitrogens with one attached hydrogen (secondary N) is 1. The molecule has 1 atom stereocenters. The van der Waals surface area contributed by atoms with Gasteiger partial charge in [-0.2, -0.15) is 0 Å². The van der Waals surface area contributed by atoms with E-state index in [9.17, 15) is 15.2 Å². The SMILES string of the molecule is CC(C)(C)NCC(O)COc1ccc([N+](=O)[O-])c(Cl)c1. The summed E-state index contributed by atoms with van der Waals surface area (Å²) in [5.41, 5.74) is -0.258. The Morgan fingerprint density at radius 2 is 2.15 bits per heavy atom. The van der Waals surface area contributed by atoms with E-state index in [-0.39, 0.29) is 22.9 Å². The molecule has 7 heteroatoms. The van der Waals surface area contributed by atoms with Crippen LogP contribution >= 0.6 is 11.6 Å². The first-order chi connectivity index (χ1) is 9.19. The Hall–Kier alpha value is -1.37. The summed E-state index contributed by atoms with van der Waals surface area (Å²) in [4.78, 5) is 10.0. The van der Waals surface area contributed by atoms with Crippen LogP contribution in [0.1, 0.15) is 20.8 Å². The van der Waals surface area contributed by atoms with Gasteiger partial charge in [0.25, 0.3) is 5.69 Å². The average molecular weight is 303 g/mol. The molecule has 0 aliphatic rings. The molecular weight excluding hydrogens is 284 g/mol. The summed E-state index contributed by atoms with van der Waals surface area (Å²) in [6, 6.07) is 4.09. The number of benzene rings is 1. The van der Waals surface area contributed by atoms with Crippen molar-refractivity contribution < 1.29 is 14.8 Å². The molecule has 0 bridgehead atoms. The average Bonchev–Trinajstić information content (AvgIpc) is 2.32. The van der Waals surface area contributed by atoms with Crippen molar-refractivity contribution in [1.82, 2.24) is 5.32 Å². The van der Waals surface area contributed by atoms with E-state index in [4.69, 9.17) is 16.3 Å². The maximum Gasteiger partial charge on any atom is 0.288 e. The summed E-state index contributed by atoms with van der Waals surface area (Å²) in [7, 11) is 0. The van der Waals surface area contributed by atoms with Crippen molar-refractivity contribution in [2.45, 2.75) is 32.4 Å². The highest BCUT2D eigenvalue weighted by Gasteiger charge is 2.15. The molecule has 0 saturated carbocycles. The summed E-state index contributed by atoms with van der Waals surface area (Å²) in [5.74, 6) is 0.385. The molecule has 0 heterocycles. The number of nitro groups is 1. The molecule has 0 fully saturated rings. The molecule has 1 aromatic carbocycles. The minimum Gasteiger partial charge on any atom is -0.491 e. The van der Waals surface area contributed by atoms with E-state index in [0.717, 1.165) is 0 Å². The fraction of sp³-hybridized carbons (Fsp3) is 0.538. The number of aliphatic hydroxyl groups excluding tert-OH is 1. The van der Waals surface area contributed by atoms with Crippen molar-refractivity contribution in [1.29, 1.82) is 0 Å². The topological polar surface area (TPSA) is 84.6 Å². The lowest BCUT2D eigenvalue weighted by Gasteiger charge is -2.22. The second-order valence-electron chi connectivity index (χ2n) is 5.47. The molecule has 6 nitrogen and oxygen atoms in total. The van der Waals surface area contributed by atoms with Crippen LogP contribution in [0.5, 0.6) is 5.75 Å². The molecule has 112 valence electrons. The Morgan fingerprint density at radius 3 is 2.65 bits per heavy atom. The van der Waals surface area contributed by atoms with E-state index in [1.807, 2.05) is 20.8 Å². The van der Waals surface area contributed by atoms with Crippen molar-refractivity contribution in [2.24, 2.45) is 0 Å². The van der Waals surface area contributed by atoms with Gasteiger partial charge in [0.05, 0.1) is 4.92 Å². The van der Waals surface area contributed by atoms with Gasteiger partial charge in [-0.1, -0.05) is 11.6 Å². The fourth-order valence-electron chi connectivity index (χ4n) is 1.40. The molecule has 0 aliphatic carbocycles. The highest BCUT2D eigenvalue weighted by atomic mass is 35.5. The largest absolute Gasteiger partial charge is 0.491 e. The van der Waals surface area contributed by atoms with Crippen LogP contribution in [0.2, 0.25) is 5.02 Å². The van der Waals surface area contributed by atoms with E-state index in [0.29, 0.717) is 12.3 Å². The van der Waals surface area contributed by atoms with Crippen LogP contribution in [0.4, 0.5) is 5.69 Å². The highest BCUT2D eigenvalue weighted by Crippen LogP contribution is 2.28. The lowest BCUT2D eigenvalue weighted by atomic mass is 10.1. The maximum absolute atomic E-state index is 10.6. The molecule has 20 heavy (non-hydrogen) atoms. The molecule has 0 radical (unpaired) electrons. The Morgan fingerprint density at radius 1 is 1.50 bits per heavy atom. The highest BCUT2D eigenvalue weighted by molar-refractivity contribution is 6.32. The lowest BCUT2D eigenvalue weighted by Crippen LogP contribution is -2.42. The zero-order chi connectivity index (χ0) is 15.3. The second-order valence-corrected chi connectivity index (χ2v) is 5.87. The number of nitro benzene ring substituents is 1. The molecule has 0 aliphatic heterocycles. The van der Waals surface area contributed by atoms with E-state index < -0.39 is 11.0 Å². The van der Waals surface area contributed by atoms with E-state index in [1.54, 1.807) is 0 Å². The smallest absolute Gasteiger partial charge is 0.288 e. The minimum absolute atomic E-state index is 0.00908. The van der Waals surface area contributed by atoms with Crippen LogP contribution in [0.15, 0.2) is 18.2 Å². The van der Waals surface area contributed by atoms with Gasteiger partial charge in [-0.05, 0) is 26.8 Å². The fourth-order valence-corrected chi connectivity index (χ4v) is 1.64. The number of β-amino-alcohol motifs (C(OH)–C–C–N with tert-alkyl or cyclic N) is 1. The summed E-state index contributed by atoms with van der Waals surface area (Å²) in [6.07, 6.45) is -0.678. The molecule has 2 N–H and O–H groups in total. The van der Waals surface area contributed by atoms with Gasteiger partial charge in [0.1, 0.15) is 23.5 Å². The van der Waals surface area contributed by atoms with Gasteiger partial charge in [0, 0.05) is 24.2 Å². The Kier molecular flexibility index (Phi) is 5.74. The number of hydrogen-bond donors (Lipinski definition) is 2. The molecule has 1 unspecified atom stereocenters. The zero-order valence-corrected chi connectivity index (χ0v) is 12.5. The van der Waals surface area contributed by atoms with Crippen molar-refractivity contribution in [3.8, 4) is 5.75 Å². The molecule has 0 aromatic heterocycles. The summed E-state index contributed by atoms with van der Waals surface area (Å²) in [5, 5.41) is 23.5. The van der Waals surface area contributed by atoms with Crippen LogP contribution in [-0.4, -0.2) is 34.8 Å².